The van der Waals surface area contributed by atoms with Gasteiger partial charge in [-0.15, -0.1) is 0 Å². The minimum atomic E-state index is 0.549. The van der Waals surface area contributed by atoms with Crippen LogP contribution in [0.2, 0.25) is 0 Å². The van der Waals surface area contributed by atoms with Crippen molar-refractivity contribution in [1.29, 1.82) is 0 Å². The average molecular weight is 228 g/mol. The van der Waals surface area contributed by atoms with Gasteiger partial charge in [0.25, 0.3) is 0 Å². The van der Waals surface area contributed by atoms with Gasteiger partial charge < -0.3 is 10.5 Å². The average Bonchev–Trinajstić information content (AvgIpc) is 2.56. The fourth-order valence-corrected chi connectivity index (χ4v) is 2.83. The molecule has 0 radical (unpaired) electrons. The molecule has 0 spiro atoms. The summed E-state index contributed by atoms with van der Waals surface area (Å²) in [5.74, 6) is 0.800. The van der Waals surface area contributed by atoms with Gasteiger partial charge in [0, 0.05) is 26.2 Å². The summed E-state index contributed by atoms with van der Waals surface area (Å²) < 4.78 is 5.14. The third-order valence-electron chi connectivity index (χ3n) is 3.90. The second-order valence-electron chi connectivity index (χ2n) is 5.03. The van der Waals surface area contributed by atoms with Crippen LogP contribution >= 0.6 is 0 Å². The molecule has 3 heteroatoms. The molecule has 0 amide bonds. The summed E-state index contributed by atoms with van der Waals surface area (Å²) >= 11 is 0. The number of nitrogens with zero attached hydrogens (tertiary/aromatic N) is 1. The Kier molecular flexibility index (Phi) is 7.01. The highest BCUT2D eigenvalue weighted by molar-refractivity contribution is 4.80. The van der Waals surface area contributed by atoms with Crippen molar-refractivity contribution in [2.24, 2.45) is 11.7 Å². The molecule has 0 aromatic heterocycles. The van der Waals surface area contributed by atoms with E-state index in [4.69, 9.17) is 10.5 Å². The maximum absolute atomic E-state index is 5.94. The zero-order valence-electron chi connectivity index (χ0n) is 11.0. The third-order valence-corrected chi connectivity index (χ3v) is 3.90. The zero-order valence-corrected chi connectivity index (χ0v) is 11.0. The van der Waals surface area contributed by atoms with E-state index in [0.29, 0.717) is 6.04 Å². The summed E-state index contributed by atoms with van der Waals surface area (Å²) in [5, 5.41) is 0. The number of ether oxygens (including phenoxy) is 1. The van der Waals surface area contributed by atoms with E-state index in [1.165, 1.54) is 38.5 Å². The monoisotopic (exact) mass is 228 g/mol. The standard InChI is InChI=1S/C13H28N2O/c1-15(9-10-16-2)13(11-14)12-7-5-3-4-6-8-12/h12-13H,3-11,14H2,1-2H3. The Morgan fingerprint density at radius 2 is 1.88 bits per heavy atom. The van der Waals surface area contributed by atoms with Crippen molar-refractivity contribution in [3.05, 3.63) is 0 Å². The van der Waals surface area contributed by atoms with Crippen molar-refractivity contribution in [2.45, 2.75) is 44.6 Å². The molecule has 0 aromatic rings. The number of nitrogens with two attached hydrogens (primary N) is 1. The predicted molar refractivity (Wildman–Crippen MR) is 68.5 cm³/mol. The largest absolute Gasteiger partial charge is 0.383 e. The summed E-state index contributed by atoms with van der Waals surface area (Å²) in [6.07, 6.45) is 8.32. The van der Waals surface area contributed by atoms with Crippen molar-refractivity contribution in [3.8, 4) is 0 Å². The number of hydrogen-bond acceptors (Lipinski definition) is 3. The fourth-order valence-electron chi connectivity index (χ4n) is 2.83. The van der Waals surface area contributed by atoms with Crippen molar-refractivity contribution in [2.75, 3.05) is 33.9 Å². The first-order valence-electron chi connectivity index (χ1n) is 6.68. The van der Waals surface area contributed by atoms with Gasteiger partial charge in [0.1, 0.15) is 0 Å². The van der Waals surface area contributed by atoms with Crippen LogP contribution in [-0.4, -0.2) is 44.8 Å². The highest BCUT2D eigenvalue weighted by Crippen LogP contribution is 2.27. The Morgan fingerprint density at radius 3 is 2.38 bits per heavy atom. The van der Waals surface area contributed by atoms with Crippen LogP contribution in [0.25, 0.3) is 0 Å². The van der Waals surface area contributed by atoms with Crippen LogP contribution in [0.4, 0.5) is 0 Å². The van der Waals surface area contributed by atoms with E-state index in [9.17, 15) is 0 Å². The normalized spacial score (nSPS) is 21.0. The summed E-state index contributed by atoms with van der Waals surface area (Å²) in [7, 11) is 3.94. The van der Waals surface area contributed by atoms with E-state index < -0.39 is 0 Å². The van der Waals surface area contributed by atoms with Gasteiger partial charge in [-0.25, -0.2) is 0 Å². The molecular weight excluding hydrogens is 200 g/mol. The van der Waals surface area contributed by atoms with Crippen LogP contribution in [0.3, 0.4) is 0 Å². The van der Waals surface area contributed by atoms with Crippen molar-refractivity contribution >= 4 is 0 Å². The molecule has 1 saturated carbocycles. The summed E-state index contributed by atoms with van der Waals surface area (Å²) in [6.45, 7) is 2.58. The van der Waals surface area contributed by atoms with E-state index in [2.05, 4.69) is 11.9 Å². The molecule has 1 rings (SSSR count). The highest BCUT2D eigenvalue weighted by Gasteiger charge is 2.24. The van der Waals surface area contributed by atoms with E-state index in [0.717, 1.165) is 25.6 Å². The van der Waals surface area contributed by atoms with E-state index in [1.807, 2.05) is 0 Å². The first-order chi connectivity index (χ1) is 7.79. The Labute approximate surface area is 100 Å². The number of hydrogen-bond donors (Lipinski definition) is 1. The maximum atomic E-state index is 5.94. The second kappa shape index (κ2) is 8.04. The lowest BCUT2D eigenvalue weighted by Gasteiger charge is -2.33. The molecule has 1 aliphatic carbocycles. The molecule has 2 N–H and O–H groups in total. The smallest absolute Gasteiger partial charge is 0.0589 e. The molecule has 0 aromatic carbocycles. The molecular formula is C13H28N2O. The predicted octanol–water partition coefficient (Wildman–Crippen LogP) is 1.86. The van der Waals surface area contributed by atoms with Crippen LogP contribution in [0.15, 0.2) is 0 Å². The molecule has 0 heterocycles. The minimum absolute atomic E-state index is 0.549. The van der Waals surface area contributed by atoms with E-state index >= 15 is 0 Å². The van der Waals surface area contributed by atoms with Crippen molar-refractivity contribution in [1.82, 2.24) is 4.90 Å². The second-order valence-corrected chi connectivity index (χ2v) is 5.03. The lowest BCUT2D eigenvalue weighted by Crippen LogP contribution is -2.44. The summed E-state index contributed by atoms with van der Waals surface area (Å²) in [4.78, 5) is 2.39. The van der Waals surface area contributed by atoms with Gasteiger partial charge in [0.15, 0.2) is 0 Å². The van der Waals surface area contributed by atoms with E-state index in [1.54, 1.807) is 7.11 Å². The molecule has 0 aliphatic heterocycles. The van der Waals surface area contributed by atoms with Gasteiger partial charge >= 0.3 is 0 Å². The van der Waals surface area contributed by atoms with Gasteiger partial charge in [-0.2, -0.15) is 0 Å². The minimum Gasteiger partial charge on any atom is -0.383 e. The molecule has 1 fully saturated rings. The van der Waals surface area contributed by atoms with Gasteiger partial charge in [0.05, 0.1) is 6.61 Å². The number of methoxy groups -OCH3 is 1. The number of rotatable bonds is 6. The first-order valence-corrected chi connectivity index (χ1v) is 6.68. The first kappa shape index (κ1) is 13.9. The van der Waals surface area contributed by atoms with Crippen LogP contribution in [-0.2, 0) is 4.74 Å². The Morgan fingerprint density at radius 1 is 1.25 bits per heavy atom. The van der Waals surface area contributed by atoms with Gasteiger partial charge in [-0.1, -0.05) is 25.7 Å². The molecule has 16 heavy (non-hydrogen) atoms. The molecule has 0 saturated heterocycles. The van der Waals surface area contributed by atoms with Gasteiger partial charge in [-0.3, -0.25) is 4.90 Å². The lowest BCUT2D eigenvalue weighted by atomic mass is 9.91. The summed E-state index contributed by atoms with van der Waals surface area (Å²) in [5.41, 5.74) is 5.94. The molecule has 96 valence electrons. The quantitative estimate of drug-likeness (QED) is 0.705. The van der Waals surface area contributed by atoms with Gasteiger partial charge in [-0.05, 0) is 25.8 Å². The summed E-state index contributed by atoms with van der Waals surface area (Å²) in [6, 6.07) is 0.549. The Hall–Kier alpha value is -0.120. The Bertz CT molecular complexity index is 167. The lowest BCUT2D eigenvalue weighted by molar-refractivity contribution is 0.112. The molecule has 1 aliphatic rings. The fraction of sp³-hybridized carbons (Fsp3) is 1.00. The SMILES string of the molecule is COCCN(C)C(CN)C1CCCCCC1. The maximum Gasteiger partial charge on any atom is 0.0589 e. The van der Waals surface area contributed by atoms with Gasteiger partial charge in [0.2, 0.25) is 0 Å². The van der Waals surface area contributed by atoms with Crippen LogP contribution < -0.4 is 5.73 Å². The molecule has 1 atom stereocenters. The molecule has 1 unspecified atom stereocenters. The zero-order chi connectivity index (χ0) is 11.8. The highest BCUT2D eigenvalue weighted by atomic mass is 16.5. The van der Waals surface area contributed by atoms with Crippen molar-refractivity contribution < 1.29 is 4.74 Å². The van der Waals surface area contributed by atoms with Crippen LogP contribution in [0, 0.1) is 5.92 Å². The number of likely N-dealkylation sites (N-methyl/N-ethyl adjacent to an activating group) is 1. The van der Waals surface area contributed by atoms with E-state index in [-0.39, 0.29) is 0 Å². The van der Waals surface area contributed by atoms with Crippen LogP contribution in [0.5, 0.6) is 0 Å². The topological polar surface area (TPSA) is 38.5 Å². The van der Waals surface area contributed by atoms with Crippen LogP contribution in [0.1, 0.15) is 38.5 Å². The molecule has 3 nitrogen and oxygen atoms in total. The third kappa shape index (κ3) is 4.40. The van der Waals surface area contributed by atoms with Crippen molar-refractivity contribution in [3.63, 3.8) is 0 Å². The molecule has 0 bridgehead atoms. The Balaban J connectivity index is 2.43.